The monoisotopic (exact) mass is 276 g/mol. The highest BCUT2D eigenvalue weighted by atomic mass is 16.1. The Morgan fingerprint density at radius 2 is 1.85 bits per heavy atom. The van der Waals surface area contributed by atoms with Gasteiger partial charge in [0.2, 0.25) is 0 Å². The van der Waals surface area contributed by atoms with Crippen LogP contribution < -0.4 is 16.8 Å². The van der Waals surface area contributed by atoms with Gasteiger partial charge >= 0.3 is 0 Å². The molecule has 1 saturated heterocycles. The van der Waals surface area contributed by atoms with Gasteiger partial charge in [-0.2, -0.15) is 0 Å². The van der Waals surface area contributed by atoms with E-state index in [1.807, 2.05) is 0 Å². The van der Waals surface area contributed by atoms with Crippen LogP contribution in [0.4, 0.5) is 11.4 Å². The summed E-state index contributed by atoms with van der Waals surface area (Å²) in [6.45, 7) is 6.24. The molecule has 1 aliphatic rings. The molecule has 1 amide bonds. The van der Waals surface area contributed by atoms with Gasteiger partial charge in [-0.1, -0.05) is 6.92 Å². The molecule has 1 atom stereocenters. The van der Waals surface area contributed by atoms with Crippen molar-refractivity contribution in [3.05, 3.63) is 23.8 Å². The Kier molecular flexibility index (Phi) is 4.84. The lowest BCUT2D eigenvalue weighted by Crippen LogP contribution is -2.34. The second kappa shape index (κ2) is 6.61. The summed E-state index contributed by atoms with van der Waals surface area (Å²) < 4.78 is 0. The van der Waals surface area contributed by atoms with Crippen LogP contribution in [0.3, 0.4) is 0 Å². The Morgan fingerprint density at radius 1 is 1.25 bits per heavy atom. The molecular formula is C15H24N4O. The number of carbonyl (C=O) groups is 1. The first-order valence-electron chi connectivity index (χ1n) is 7.21. The topological polar surface area (TPSA) is 84.4 Å². The number of hydrogen-bond acceptors (Lipinski definition) is 4. The third-order valence-electron chi connectivity index (χ3n) is 3.62. The second-order valence-corrected chi connectivity index (χ2v) is 5.71. The van der Waals surface area contributed by atoms with Crippen molar-refractivity contribution in [3.63, 3.8) is 0 Å². The highest BCUT2D eigenvalue weighted by molar-refractivity contribution is 5.96. The molecule has 0 aromatic heterocycles. The number of carbonyl (C=O) groups excluding carboxylic acids is 1. The predicted octanol–water partition coefficient (Wildman–Crippen LogP) is 1.31. The van der Waals surface area contributed by atoms with Crippen molar-refractivity contribution in [2.24, 2.45) is 5.92 Å². The molecular weight excluding hydrogens is 252 g/mol. The van der Waals surface area contributed by atoms with Crippen LogP contribution in [0.15, 0.2) is 18.2 Å². The molecule has 5 heteroatoms. The zero-order valence-electron chi connectivity index (χ0n) is 12.1. The van der Waals surface area contributed by atoms with Crippen molar-refractivity contribution in [2.75, 3.05) is 37.6 Å². The van der Waals surface area contributed by atoms with Gasteiger partial charge in [0, 0.05) is 30.0 Å². The number of amides is 1. The van der Waals surface area contributed by atoms with Gasteiger partial charge in [0.25, 0.3) is 5.91 Å². The van der Waals surface area contributed by atoms with E-state index in [9.17, 15) is 4.79 Å². The van der Waals surface area contributed by atoms with Crippen LogP contribution in [0.5, 0.6) is 0 Å². The zero-order chi connectivity index (χ0) is 14.5. The number of rotatable bonds is 5. The number of nitrogens with one attached hydrogen (secondary N) is 1. The Hall–Kier alpha value is -1.75. The summed E-state index contributed by atoms with van der Waals surface area (Å²) in [4.78, 5) is 14.5. The minimum Gasteiger partial charge on any atom is -0.399 e. The van der Waals surface area contributed by atoms with Crippen LogP contribution in [-0.4, -0.2) is 37.0 Å². The maximum atomic E-state index is 12.1. The van der Waals surface area contributed by atoms with E-state index in [1.54, 1.807) is 18.2 Å². The summed E-state index contributed by atoms with van der Waals surface area (Å²) in [6.07, 6.45) is 2.59. The standard InChI is InChI=1S/C15H24N4O/c1-11(10-19-4-2-3-5-19)9-18-15(20)12-6-13(16)8-14(17)7-12/h6-8,11H,2-5,9-10,16-17H2,1H3,(H,18,20). The number of benzene rings is 1. The predicted molar refractivity (Wildman–Crippen MR) is 82.4 cm³/mol. The molecule has 5 N–H and O–H groups in total. The Morgan fingerprint density at radius 3 is 2.45 bits per heavy atom. The van der Waals surface area contributed by atoms with Crippen LogP contribution in [0.2, 0.25) is 0 Å². The lowest BCUT2D eigenvalue weighted by atomic mass is 10.1. The maximum Gasteiger partial charge on any atom is 0.251 e. The second-order valence-electron chi connectivity index (χ2n) is 5.71. The van der Waals surface area contributed by atoms with Crippen molar-refractivity contribution in [1.29, 1.82) is 0 Å². The number of anilines is 2. The van der Waals surface area contributed by atoms with E-state index in [2.05, 4.69) is 17.1 Å². The van der Waals surface area contributed by atoms with Gasteiger partial charge in [-0.3, -0.25) is 4.79 Å². The fraction of sp³-hybridized carbons (Fsp3) is 0.533. The minimum atomic E-state index is -0.114. The molecule has 1 unspecified atom stereocenters. The van der Waals surface area contributed by atoms with Crippen molar-refractivity contribution in [3.8, 4) is 0 Å². The number of nitrogen functional groups attached to an aromatic ring is 2. The summed E-state index contributed by atoms with van der Waals surface area (Å²) in [5.74, 6) is 0.327. The number of hydrogen-bond donors (Lipinski definition) is 3. The Bertz CT molecular complexity index is 449. The molecule has 0 radical (unpaired) electrons. The van der Waals surface area contributed by atoms with Gasteiger partial charge in [0.05, 0.1) is 0 Å². The van der Waals surface area contributed by atoms with E-state index in [0.717, 1.165) is 6.54 Å². The SMILES string of the molecule is CC(CNC(=O)c1cc(N)cc(N)c1)CN1CCCC1. The molecule has 0 bridgehead atoms. The highest BCUT2D eigenvalue weighted by Gasteiger charge is 2.15. The van der Waals surface area contributed by atoms with Crippen LogP contribution in [0.25, 0.3) is 0 Å². The van der Waals surface area contributed by atoms with Crippen molar-refractivity contribution < 1.29 is 4.79 Å². The lowest BCUT2D eigenvalue weighted by Gasteiger charge is -2.20. The molecule has 5 nitrogen and oxygen atoms in total. The van der Waals surface area contributed by atoms with Gasteiger partial charge in [0.1, 0.15) is 0 Å². The molecule has 1 fully saturated rings. The average molecular weight is 276 g/mol. The molecule has 110 valence electrons. The van der Waals surface area contributed by atoms with Crippen LogP contribution >= 0.6 is 0 Å². The summed E-state index contributed by atoms with van der Waals surface area (Å²) in [6, 6.07) is 4.94. The minimum absolute atomic E-state index is 0.114. The maximum absolute atomic E-state index is 12.1. The fourth-order valence-electron chi connectivity index (χ4n) is 2.65. The van der Waals surface area contributed by atoms with E-state index in [4.69, 9.17) is 11.5 Å². The van der Waals surface area contributed by atoms with E-state index in [-0.39, 0.29) is 5.91 Å². The number of nitrogens with two attached hydrogens (primary N) is 2. The zero-order valence-corrected chi connectivity index (χ0v) is 12.1. The summed E-state index contributed by atoms with van der Waals surface area (Å²) in [5, 5.41) is 2.95. The molecule has 1 aromatic carbocycles. The number of nitrogens with zero attached hydrogens (tertiary/aromatic N) is 1. The highest BCUT2D eigenvalue weighted by Crippen LogP contribution is 2.14. The third-order valence-corrected chi connectivity index (χ3v) is 3.62. The number of likely N-dealkylation sites (tertiary alicyclic amines) is 1. The smallest absolute Gasteiger partial charge is 0.251 e. The Labute approximate surface area is 120 Å². The molecule has 2 rings (SSSR count). The quantitative estimate of drug-likeness (QED) is 0.708. The Balaban J connectivity index is 1.81. The van der Waals surface area contributed by atoms with Crippen LogP contribution in [-0.2, 0) is 0 Å². The van der Waals surface area contributed by atoms with E-state index >= 15 is 0 Å². The van der Waals surface area contributed by atoms with Gasteiger partial charge in [-0.25, -0.2) is 0 Å². The van der Waals surface area contributed by atoms with Gasteiger partial charge in [0.15, 0.2) is 0 Å². The molecule has 0 aliphatic carbocycles. The molecule has 1 aromatic rings. The first-order valence-corrected chi connectivity index (χ1v) is 7.21. The van der Waals surface area contributed by atoms with Gasteiger partial charge in [-0.05, 0) is 50.0 Å². The third kappa shape index (κ3) is 4.13. The summed E-state index contributed by atoms with van der Waals surface area (Å²) >= 11 is 0. The molecule has 20 heavy (non-hydrogen) atoms. The summed E-state index contributed by atoms with van der Waals surface area (Å²) in [5.41, 5.74) is 12.9. The molecule has 1 heterocycles. The van der Waals surface area contributed by atoms with Crippen molar-refractivity contribution in [2.45, 2.75) is 19.8 Å². The largest absolute Gasteiger partial charge is 0.399 e. The van der Waals surface area contributed by atoms with Gasteiger partial charge < -0.3 is 21.7 Å². The van der Waals surface area contributed by atoms with Crippen LogP contribution in [0.1, 0.15) is 30.1 Å². The van der Waals surface area contributed by atoms with E-state index in [1.165, 1.54) is 25.9 Å². The first kappa shape index (κ1) is 14.7. The first-order chi connectivity index (χ1) is 9.54. The molecule has 0 saturated carbocycles. The van der Waals surface area contributed by atoms with Crippen LogP contribution in [0, 0.1) is 5.92 Å². The van der Waals surface area contributed by atoms with Crippen molar-refractivity contribution >= 4 is 17.3 Å². The van der Waals surface area contributed by atoms with Gasteiger partial charge in [-0.15, -0.1) is 0 Å². The fourth-order valence-corrected chi connectivity index (χ4v) is 2.65. The molecule has 1 aliphatic heterocycles. The van der Waals surface area contributed by atoms with Crippen molar-refractivity contribution in [1.82, 2.24) is 10.2 Å². The lowest BCUT2D eigenvalue weighted by molar-refractivity contribution is 0.0945. The summed E-state index contributed by atoms with van der Waals surface area (Å²) in [7, 11) is 0. The average Bonchev–Trinajstić information content (AvgIpc) is 2.87. The normalized spacial score (nSPS) is 17.1. The van der Waals surface area contributed by atoms with E-state index in [0.29, 0.717) is 29.4 Å². The van der Waals surface area contributed by atoms with E-state index < -0.39 is 0 Å². The molecule has 0 spiro atoms.